The molecule has 2 heterocycles. The third-order valence-corrected chi connectivity index (χ3v) is 4.39. The minimum atomic E-state index is -0.584. The molecule has 2 aromatic carbocycles. The minimum Gasteiger partial charge on any atom is -0.486 e. The zero-order chi connectivity index (χ0) is 18.8. The van der Waals surface area contributed by atoms with Gasteiger partial charge in [-0.1, -0.05) is 18.2 Å². The number of para-hydroxylation sites is 1. The van der Waals surface area contributed by atoms with Gasteiger partial charge in [-0.15, -0.1) is 0 Å². The van der Waals surface area contributed by atoms with Crippen LogP contribution in [-0.4, -0.2) is 14.6 Å². The number of carbonyl (C=O) groups excluding carboxylic acids is 1. The molecule has 0 spiro atoms. The van der Waals surface area contributed by atoms with E-state index >= 15 is 0 Å². The van der Waals surface area contributed by atoms with Gasteiger partial charge in [0.05, 0.1) is 11.3 Å². The van der Waals surface area contributed by atoms with Crippen LogP contribution in [0.3, 0.4) is 0 Å². The number of imidazole rings is 1. The van der Waals surface area contributed by atoms with E-state index in [-0.39, 0.29) is 12.4 Å². The van der Waals surface area contributed by atoms with Gasteiger partial charge in [0, 0.05) is 11.8 Å². The third kappa shape index (κ3) is 3.41. The molecular formula is C21H14ClFN2O2. The van der Waals surface area contributed by atoms with E-state index in [4.69, 9.17) is 16.3 Å². The molecule has 0 aliphatic heterocycles. The van der Waals surface area contributed by atoms with Crippen LogP contribution in [0.4, 0.5) is 4.39 Å². The first-order chi connectivity index (χ1) is 13.1. The van der Waals surface area contributed by atoms with Crippen LogP contribution >= 0.6 is 11.6 Å². The Morgan fingerprint density at radius 3 is 2.56 bits per heavy atom. The fourth-order valence-electron chi connectivity index (χ4n) is 2.96. The molecule has 27 heavy (non-hydrogen) atoms. The Morgan fingerprint density at radius 2 is 1.78 bits per heavy atom. The Balaban J connectivity index is 1.75. The average Bonchev–Trinajstić information content (AvgIpc) is 3.05. The second kappa shape index (κ2) is 7.21. The van der Waals surface area contributed by atoms with Gasteiger partial charge in [0.25, 0.3) is 5.24 Å². The van der Waals surface area contributed by atoms with E-state index in [2.05, 4.69) is 4.98 Å². The maximum absolute atomic E-state index is 13.3. The second-order valence-corrected chi connectivity index (χ2v) is 6.24. The van der Waals surface area contributed by atoms with Crippen molar-refractivity contribution in [2.45, 2.75) is 6.61 Å². The van der Waals surface area contributed by atoms with Crippen molar-refractivity contribution in [3.63, 3.8) is 0 Å². The van der Waals surface area contributed by atoms with Crippen molar-refractivity contribution < 1.29 is 13.9 Å². The number of aromatic nitrogens is 2. The minimum absolute atomic E-state index is 0.134. The van der Waals surface area contributed by atoms with Crippen molar-refractivity contribution in [3.8, 4) is 17.0 Å². The maximum Gasteiger partial charge on any atom is 0.256 e. The van der Waals surface area contributed by atoms with Crippen molar-refractivity contribution in [3.05, 3.63) is 90.0 Å². The molecule has 0 amide bonds. The standard InChI is InChI=1S/C21H14ClFN2O2/c22-21(26)16-5-1-2-6-18(16)27-13-17-20(14-8-10-15(23)11-9-14)25-12-4-3-7-19(25)24-17/h1-12H,13H2. The first kappa shape index (κ1) is 17.2. The molecule has 0 aliphatic carbocycles. The number of carbonyl (C=O) groups is 1. The number of nitrogens with zero attached hydrogens (tertiary/aromatic N) is 2. The number of rotatable bonds is 5. The molecule has 6 heteroatoms. The number of hydrogen-bond acceptors (Lipinski definition) is 3. The van der Waals surface area contributed by atoms with Gasteiger partial charge >= 0.3 is 0 Å². The molecule has 0 saturated carbocycles. The lowest BCUT2D eigenvalue weighted by Gasteiger charge is -2.10. The first-order valence-corrected chi connectivity index (χ1v) is 8.65. The van der Waals surface area contributed by atoms with Crippen molar-refractivity contribution >= 4 is 22.5 Å². The predicted octanol–water partition coefficient (Wildman–Crippen LogP) is 5.10. The lowest BCUT2D eigenvalue weighted by molar-refractivity contribution is 0.107. The molecule has 0 saturated heterocycles. The summed E-state index contributed by atoms with van der Waals surface area (Å²) in [6.45, 7) is 0.134. The van der Waals surface area contributed by atoms with Gasteiger partial charge in [-0.2, -0.15) is 0 Å². The van der Waals surface area contributed by atoms with E-state index in [9.17, 15) is 9.18 Å². The van der Waals surface area contributed by atoms with Gasteiger partial charge in [-0.25, -0.2) is 9.37 Å². The van der Waals surface area contributed by atoms with Crippen LogP contribution in [0.2, 0.25) is 0 Å². The summed E-state index contributed by atoms with van der Waals surface area (Å²) in [5.74, 6) is 0.0829. The highest BCUT2D eigenvalue weighted by Gasteiger charge is 2.16. The van der Waals surface area contributed by atoms with Crippen molar-refractivity contribution in [1.82, 2.24) is 9.38 Å². The van der Waals surface area contributed by atoms with Gasteiger partial charge in [0.15, 0.2) is 0 Å². The van der Waals surface area contributed by atoms with Crippen molar-refractivity contribution in [2.75, 3.05) is 0 Å². The second-order valence-electron chi connectivity index (χ2n) is 5.90. The van der Waals surface area contributed by atoms with Crippen LogP contribution in [0.25, 0.3) is 16.9 Å². The topological polar surface area (TPSA) is 43.6 Å². The summed E-state index contributed by atoms with van der Waals surface area (Å²) >= 11 is 5.62. The highest BCUT2D eigenvalue weighted by molar-refractivity contribution is 6.68. The quantitative estimate of drug-likeness (QED) is 0.452. The highest BCUT2D eigenvalue weighted by Crippen LogP contribution is 2.28. The Bertz CT molecular complexity index is 1120. The van der Waals surface area contributed by atoms with Crippen LogP contribution in [0.5, 0.6) is 5.75 Å². The van der Waals surface area contributed by atoms with Gasteiger partial charge in [-0.05, 0) is 60.1 Å². The molecule has 0 atom stereocenters. The van der Waals surface area contributed by atoms with Crippen molar-refractivity contribution in [2.24, 2.45) is 0 Å². The summed E-state index contributed by atoms with van der Waals surface area (Å²) < 4.78 is 21.1. The molecule has 2 aromatic heterocycles. The molecule has 0 radical (unpaired) electrons. The Labute approximate surface area is 159 Å². The predicted molar refractivity (Wildman–Crippen MR) is 102 cm³/mol. The molecule has 0 fully saturated rings. The lowest BCUT2D eigenvalue weighted by Crippen LogP contribution is -2.02. The molecule has 0 N–H and O–H groups in total. The molecule has 0 unspecified atom stereocenters. The Hall–Kier alpha value is -3.18. The highest BCUT2D eigenvalue weighted by atomic mass is 35.5. The Morgan fingerprint density at radius 1 is 1.04 bits per heavy atom. The van der Waals surface area contributed by atoms with E-state index in [0.717, 1.165) is 16.9 Å². The normalized spacial score (nSPS) is 10.9. The van der Waals surface area contributed by atoms with Gasteiger partial charge in [0.2, 0.25) is 0 Å². The monoisotopic (exact) mass is 380 g/mol. The fourth-order valence-corrected chi connectivity index (χ4v) is 3.12. The van der Waals surface area contributed by atoms with E-state index in [0.29, 0.717) is 17.0 Å². The number of ether oxygens (including phenoxy) is 1. The van der Waals surface area contributed by atoms with Crippen molar-refractivity contribution in [1.29, 1.82) is 0 Å². The number of hydrogen-bond donors (Lipinski definition) is 0. The SMILES string of the molecule is O=C(Cl)c1ccccc1OCc1nc2ccccn2c1-c1ccc(F)cc1. The number of halogens is 2. The van der Waals surface area contributed by atoms with E-state index < -0.39 is 5.24 Å². The van der Waals surface area contributed by atoms with Gasteiger partial charge in [-0.3, -0.25) is 9.20 Å². The van der Waals surface area contributed by atoms with Crippen LogP contribution < -0.4 is 4.74 Å². The average molecular weight is 381 g/mol. The smallest absolute Gasteiger partial charge is 0.256 e. The van der Waals surface area contributed by atoms with E-state index in [1.54, 1.807) is 36.4 Å². The summed E-state index contributed by atoms with van der Waals surface area (Å²) in [5.41, 5.74) is 3.34. The molecule has 4 nitrogen and oxygen atoms in total. The largest absolute Gasteiger partial charge is 0.486 e. The summed E-state index contributed by atoms with van der Waals surface area (Å²) in [5, 5.41) is -0.584. The van der Waals surface area contributed by atoms with E-state index in [1.165, 1.54) is 12.1 Å². The third-order valence-electron chi connectivity index (χ3n) is 4.18. The number of benzene rings is 2. The van der Waals surface area contributed by atoms with Gasteiger partial charge < -0.3 is 4.74 Å². The number of pyridine rings is 1. The summed E-state index contributed by atoms with van der Waals surface area (Å²) in [7, 11) is 0. The van der Waals surface area contributed by atoms with Crippen LogP contribution in [0.15, 0.2) is 72.9 Å². The summed E-state index contributed by atoms with van der Waals surface area (Å²) in [6, 6.07) is 18.7. The maximum atomic E-state index is 13.3. The van der Waals surface area contributed by atoms with Crippen LogP contribution in [0.1, 0.15) is 16.1 Å². The summed E-state index contributed by atoms with van der Waals surface area (Å²) in [6.07, 6.45) is 1.89. The Kier molecular flexibility index (Phi) is 4.60. The fraction of sp³-hybridized carbons (Fsp3) is 0.0476. The molecule has 0 aliphatic rings. The summed E-state index contributed by atoms with van der Waals surface area (Å²) in [4.78, 5) is 16.2. The molecule has 4 aromatic rings. The molecule has 4 rings (SSSR count). The van der Waals surface area contributed by atoms with E-state index in [1.807, 2.05) is 28.8 Å². The lowest BCUT2D eigenvalue weighted by atomic mass is 10.1. The zero-order valence-electron chi connectivity index (χ0n) is 14.1. The molecule has 0 bridgehead atoms. The molecular weight excluding hydrogens is 367 g/mol. The van der Waals surface area contributed by atoms with Crippen LogP contribution in [-0.2, 0) is 6.61 Å². The molecule has 134 valence electrons. The van der Waals surface area contributed by atoms with Gasteiger partial charge in [0.1, 0.15) is 29.5 Å². The number of fused-ring (bicyclic) bond motifs is 1. The first-order valence-electron chi connectivity index (χ1n) is 8.27. The zero-order valence-corrected chi connectivity index (χ0v) is 14.9. The van der Waals surface area contributed by atoms with Crippen LogP contribution in [0, 0.1) is 5.82 Å².